The second-order valence-corrected chi connectivity index (χ2v) is 6.48. The molecular formula is C19H23N3O3. The third-order valence-electron chi connectivity index (χ3n) is 4.53. The number of furan rings is 1. The van der Waals surface area contributed by atoms with Gasteiger partial charge in [-0.2, -0.15) is 0 Å². The Bertz CT molecular complexity index is 713. The number of carbonyl (C=O) groups is 2. The van der Waals surface area contributed by atoms with Crippen molar-refractivity contribution in [2.75, 3.05) is 32.1 Å². The molecule has 0 bridgehead atoms. The van der Waals surface area contributed by atoms with Crippen LogP contribution in [0.3, 0.4) is 0 Å². The van der Waals surface area contributed by atoms with E-state index in [1.807, 2.05) is 61.5 Å². The summed E-state index contributed by atoms with van der Waals surface area (Å²) in [6, 6.07) is 13.1. The molecule has 0 spiro atoms. The Balaban J connectivity index is 1.59. The zero-order valence-corrected chi connectivity index (χ0v) is 14.5. The van der Waals surface area contributed by atoms with Gasteiger partial charge in [-0.3, -0.25) is 14.5 Å². The van der Waals surface area contributed by atoms with E-state index in [1.54, 1.807) is 11.2 Å². The van der Waals surface area contributed by atoms with Crippen molar-refractivity contribution in [3.05, 3.63) is 54.5 Å². The maximum absolute atomic E-state index is 12.5. The highest BCUT2D eigenvalue weighted by Crippen LogP contribution is 2.25. The van der Waals surface area contributed by atoms with Crippen molar-refractivity contribution < 1.29 is 14.0 Å². The van der Waals surface area contributed by atoms with Crippen molar-refractivity contribution in [1.29, 1.82) is 0 Å². The second-order valence-electron chi connectivity index (χ2n) is 6.48. The highest BCUT2D eigenvalue weighted by molar-refractivity contribution is 6.00. The van der Waals surface area contributed by atoms with Crippen LogP contribution in [0.1, 0.15) is 18.2 Å². The van der Waals surface area contributed by atoms with Crippen LogP contribution in [-0.2, 0) is 9.59 Å². The number of anilines is 1. The SMILES string of the molecule is CN(C)[C@H](CNC(=O)[C@H]1CC(=O)N(c2ccccc2)C1)c1ccco1. The molecule has 1 aliphatic rings. The van der Waals surface area contributed by atoms with E-state index in [0.717, 1.165) is 11.4 Å². The maximum Gasteiger partial charge on any atom is 0.227 e. The number of nitrogens with zero attached hydrogens (tertiary/aromatic N) is 2. The van der Waals surface area contributed by atoms with Gasteiger partial charge in [-0.25, -0.2) is 0 Å². The van der Waals surface area contributed by atoms with Crippen molar-refractivity contribution in [3.63, 3.8) is 0 Å². The molecule has 2 atom stereocenters. The Kier molecular flexibility index (Phi) is 5.19. The number of rotatable bonds is 6. The van der Waals surface area contributed by atoms with Crippen molar-refractivity contribution in [2.24, 2.45) is 5.92 Å². The molecule has 0 radical (unpaired) electrons. The summed E-state index contributed by atoms with van der Waals surface area (Å²) in [6.45, 7) is 0.859. The molecule has 1 aromatic heterocycles. The van der Waals surface area contributed by atoms with Crippen LogP contribution in [0.15, 0.2) is 53.1 Å². The molecule has 25 heavy (non-hydrogen) atoms. The molecule has 6 nitrogen and oxygen atoms in total. The second kappa shape index (κ2) is 7.53. The minimum absolute atomic E-state index is 0.0125. The van der Waals surface area contributed by atoms with Crippen LogP contribution >= 0.6 is 0 Å². The predicted molar refractivity (Wildman–Crippen MR) is 95.0 cm³/mol. The van der Waals surface area contributed by atoms with Crippen LogP contribution in [0.5, 0.6) is 0 Å². The molecule has 1 aliphatic heterocycles. The minimum atomic E-state index is -0.327. The fraction of sp³-hybridized carbons (Fsp3) is 0.368. The van der Waals surface area contributed by atoms with E-state index >= 15 is 0 Å². The molecule has 132 valence electrons. The summed E-state index contributed by atoms with van der Waals surface area (Å²) in [4.78, 5) is 28.4. The summed E-state index contributed by atoms with van der Waals surface area (Å²) in [5.41, 5.74) is 0.838. The smallest absolute Gasteiger partial charge is 0.227 e. The standard InChI is InChI=1S/C19H23N3O3/c1-21(2)16(17-9-6-10-25-17)12-20-19(24)14-11-18(23)22(13-14)15-7-4-3-5-8-15/h3-10,14,16H,11-13H2,1-2H3,(H,20,24)/t14-,16+/m0/s1. The van der Waals surface area contributed by atoms with Gasteiger partial charge >= 0.3 is 0 Å². The highest BCUT2D eigenvalue weighted by Gasteiger charge is 2.35. The first-order chi connectivity index (χ1) is 12.1. The van der Waals surface area contributed by atoms with E-state index in [2.05, 4.69) is 5.32 Å². The Morgan fingerprint density at radius 3 is 2.68 bits per heavy atom. The third kappa shape index (κ3) is 3.91. The normalized spacial score (nSPS) is 18.6. The largest absolute Gasteiger partial charge is 0.468 e. The van der Waals surface area contributed by atoms with E-state index in [1.165, 1.54) is 0 Å². The van der Waals surface area contributed by atoms with E-state index in [9.17, 15) is 9.59 Å². The van der Waals surface area contributed by atoms with Crippen molar-refractivity contribution >= 4 is 17.5 Å². The molecule has 1 aromatic carbocycles. The first-order valence-corrected chi connectivity index (χ1v) is 8.39. The van der Waals surface area contributed by atoms with Gasteiger partial charge in [0.25, 0.3) is 0 Å². The Labute approximate surface area is 147 Å². The molecule has 1 saturated heterocycles. The molecule has 2 aromatic rings. The van der Waals surface area contributed by atoms with Crippen LogP contribution < -0.4 is 10.2 Å². The topological polar surface area (TPSA) is 65.8 Å². The van der Waals surface area contributed by atoms with Gasteiger partial charge in [0.2, 0.25) is 11.8 Å². The van der Waals surface area contributed by atoms with Gasteiger partial charge in [0, 0.05) is 25.2 Å². The van der Waals surface area contributed by atoms with Gasteiger partial charge < -0.3 is 14.6 Å². The van der Waals surface area contributed by atoms with E-state index in [-0.39, 0.29) is 30.2 Å². The van der Waals surface area contributed by atoms with Crippen LogP contribution in [0.25, 0.3) is 0 Å². The summed E-state index contributed by atoms with van der Waals surface area (Å²) >= 11 is 0. The van der Waals surface area contributed by atoms with Gasteiger partial charge in [0.05, 0.1) is 18.2 Å². The molecule has 6 heteroatoms. The highest BCUT2D eigenvalue weighted by atomic mass is 16.3. The van der Waals surface area contributed by atoms with E-state index < -0.39 is 0 Å². The van der Waals surface area contributed by atoms with Gasteiger partial charge in [-0.15, -0.1) is 0 Å². The number of nitrogens with one attached hydrogen (secondary N) is 1. The molecule has 2 amide bonds. The minimum Gasteiger partial charge on any atom is -0.468 e. The van der Waals surface area contributed by atoms with Gasteiger partial charge in [0.15, 0.2) is 0 Å². The molecule has 2 heterocycles. The molecule has 0 saturated carbocycles. The van der Waals surface area contributed by atoms with Crippen LogP contribution in [0, 0.1) is 5.92 Å². The summed E-state index contributed by atoms with van der Waals surface area (Å²) in [5.74, 6) is 0.373. The summed E-state index contributed by atoms with van der Waals surface area (Å²) < 4.78 is 5.45. The van der Waals surface area contributed by atoms with Gasteiger partial charge in [-0.05, 0) is 38.4 Å². The maximum atomic E-state index is 12.5. The molecule has 1 fully saturated rings. The zero-order chi connectivity index (χ0) is 17.8. The van der Waals surface area contributed by atoms with Crippen LogP contribution in [0.2, 0.25) is 0 Å². The van der Waals surface area contributed by atoms with Crippen LogP contribution in [-0.4, -0.2) is 43.9 Å². The summed E-state index contributed by atoms with van der Waals surface area (Å²) in [7, 11) is 3.88. The first kappa shape index (κ1) is 17.2. The fourth-order valence-corrected chi connectivity index (χ4v) is 3.10. The predicted octanol–water partition coefficient (Wildman–Crippen LogP) is 2.05. The lowest BCUT2D eigenvalue weighted by molar-refractivity contribution is -0.126. The molecular weight excluding hydrogens is 318 g/mol. The molecule has 3 rings (SSSR count). The number of likely N-dealkylation sites (N-methyl/N-ethyl adjacent to an activating group) is 1. The Morgan fingerprint density at radius 2 is 2.04 bits per heavy atom. The quantitative estimate of drug-likeness (QED) is 0.873. The number of para-hydroxylation sites is 1. The van der Waals surface area contributed by atoms with Gasteiger partial charge in [-0.1, -0.05) is 18.2 Å². The van der Waals surface area contributed by atoms with Gasteiger partial charge in [0.1, 0.15) is 5.76 Å². The number of amides is 2. The lowest BCUT2D eigenvalue weighted by Gasteiger charge is -2.23. The van der Waals surface area contributed by atoms with E-state index in [4.69, 9.17) is 4.42 Å². The Hall–Kier alpha value is -2.60. The summed E-state index contributed by atoms with van der Waals surface area (Å²) in [6.07, 6.45) is 1.87. The lowest BCUT2D eigenvalue weighted by atomic mass is 10.1. The third-order valence-corrected chi connectivity index (χ3v) is 4.53. The monoisotopic (exact) mass is 341 g/mol. The fourth-order valence-electron chi connectivity index (χ4n) is 3.10. The number of hydrogen-bond acceptors (Lipinski definition) is 4. The van der Waals surface area contributed by atoms with E-state index in [0.29, 0.717) is 13.1 Å². The van der Waals surface area contributed by atoms with Crippen LogP contribution in [0.4, 0.5) is 5.69 Å². The average Bonchev–Trinajstić information content (AvgIpc) is 3.25. The number of hydrogen-bond donors (Lipinski definition) is 1. The number of carbonyl (C=O) groups excluding carboxylic acids is 2. The molecule has 1 N–H and O–H groups in total. The zero-order valence-electron chi connectivity index (χ0n) is 14.5. The average molecular weight is 341 g/mol. The lowest BCUT2D eigenvalue weighted by Crippen LogP contribution is -2.38. The van der Waals surface area contributed by atoms with Crippen molar-refractivity contribution in [1.82, 2.24) is 10.2 Å². The first-order valence-electron chi connectivity index (χ1n) is 8.39. The number of benzene rings is 1. The molecule has 0 unspecified atom stereocenters. The molecule has 0 aliphatic carbocycles. The van der Waals surface area contributed by atoms with Crippen molar-refractivity contribution in [3.8, 4) is 0 Å². The van der Waals surface area contributed by atoms with Crippen molar-refractivity contribution in [2.45, 2.75) is 12.5 Å². The summed E-state index contributed by atoms with van der Waals surface area (Å²) in [5, 5.41) is 2.97. The Morgan fingerprint density at radius 1 is 1.28 bits per heavy atom.